The van der Waals surface area contributed by atoms with Gasteiger partial charge in [0.2, 0.25) is 0 Å². The number of amides is 1. The number of ether oxygens (including phenoxy) is 1. The van der Waals surface area contributed by atoms with Crippen molar-refractivity contribution in [3.63, 3.8) is 0 Å². The van der Waals surface area contributed by atoms with Crippen LogP contribution in [0.25, 0.3) is 0 Å². The van der Waals surface area contributed by atoms with Crippen molar-refractivity contribution in [1.82, 2.24) is 15.4 Å². The van der Waals surface area contributed by atoms with Gasteiger partial charge in [-0.3, -0.25) is 4.79 Å². The standard InChI is InChI=1S/C21H24N4O4S/c1-5-10-25-13(3)17(19(26)22-16-11-12(2)29-24-16)18(23-21(25)30)14-6-8-15(9-7-14)20(27)28-4/h6-9,11,18H,5,10H2,1-4H3,(H,23,30)(H,22,24,26). The van der Waals surface area contributed by atoms with Gasteiger partial charge in [-0.25, -0.2) is 4.79 Å². The number of nitrogens with zero attached hydrogens (tertiary/aromatic N) is 2. The van der Waals surface area contributed by atoms with Gasteiger partial charge in [0.25, 0.3) is 5.91 Å². The normalized spacial score (nSPS) is 16.3. The van der Waals surface area contributed by atoms with E-state index in [1.54, 1.807) is 37.3 Å². The van der Waals surface area contributed by atoms with E-state index in [4.69, 9.17) is 21.5 Å². The molecule has 158 valence electrons. The Morgan fingerprint density at radius 3 is 2.57 bits per heavy atom. The molecule has 1 unspecified atom stereocenters. The first kappa shape index (κ1) is 21.5. The predicted molar refractivity (Wildman–Crippen MR) is 116 cm³/mol. The molecule has 1 aliphatic heterocycles. The van der Waals surface area contributed by atoms with E-state index in [2.05, 4.69) is 15.8 Å². The van der Waals surface area contributed by atoms with Gasteiger partial charge in [-0.1, -0.05) is 24.2 Å². The summed E-state index contributed by atoms with van der Waals surface area (Å²) in [5.41, 5.74) is 2.50. The molecule has 1 aromatic heterocycles. The number of hydrogen-bond donors (Lipinski definition) is 2. The highest BCUT2D eigenvalue weighted by Crippen LogP contribution is 2.32. The van der Waals surface area contributed by atoms with E-state index in [0.717, 1.165) is 17.7 Å². The first-order valence-corrected chi connectivity index (χ1v) is 9.98. The van der Waals surface area contributed by atoms with Crippen molar-refractivity contribution >= 4 is 35.0 Å². The second-order valence-electron chi connectivity index (χ2n) is 6.92. The summed E-state index contributed by atoms with van der Waals surface area (Å²) < 4.78 is 9.80. The van der Waals surface area contributed by atoms with Gasteiger partial charge >= 0.3 is 5.97 Å². The molecule has 0 saturated heterocycles. The Hall–Kier alpha value is -3.20. The van der Waals surface area contributed by atoms with Gasteiger partial charge in [-0.05, 0) is 50.2 Å². The molecule has 30 heavy (non-hydrogen) atoms. The number of anilines is 1. The number of carbonyl (C=O) groups excluding carboxylic acids is 2. The number of methoxy groups -OCH3 is 1. The zero-order chi connectivity index (χ0) is 21.8. The largest absolute Gasteiger partial charge is 0.465 e. The lowest BCUT2D eigenvalue weighted by Gasteiger charge is -2.37. The van der Waals surface area contributed by atoms with E-state index in [1.807, 2.05) is 18.7 Å². The molecule has 3 rings (SSSR count). The van der Waals surface area contributed by atoms with Gasteiger partial charge in [0.15, 0.2) is 10.9 Å². The van der Waals surface area contributed by atoms with E-state index in [1.165, 1.54) is 7.11 Å². The summed E-state index contributed by atoms with van der Waals surface area (Å²) in [4.78, 5) is 26.9. The molecular formula is C21H24N4O4S. The molecule has 0 fully saturated rings. The molecule has 2 aromatic rings. The topological polar surface area (TPSA) is 96.7 Å². The number of aromatic nitrogens is 1. The third-order valence-electron chi connectivity index (χ3n) is 4.82. The Bertz CT molecular complexity index is 997. The Morgan fingerprint density at radius 1 is 1.30 bits per heavy atom. The highest BCUT2D eigenvalue weighted by atomic mass is 32.1. The molecule has 0 spiro atoms. The van der Waals surface area contributed by atoms with Gasteiger partial charge in [0.05, 0.1) is 24.3 Å². The van der Waals surface area contributed by atoms with Crippen molar-refractivity contribution in [1.29, 1.82) is 0 Å². The Labute approximate surface area is 180 Å². The first-order chi connectivity index (χ1) is 14.3. The van der Waals surface area contributed by atoms with E-state index >= 15 is 0 Å². The minimum atomic E-state index is -0.481. The fraction of sp³-hybridized carbons (Fsp3) is 0.333. The molecule has 0 saturated carbocycles. The van der Waals surface area contributed by atoms with Crippen molar-refractivity contribution in [3.8, 4) is 0 Å². The van der Waals surface area contributed by atoms with Gasteiger partial charge in [-0.2, -0.15) is 0 Å². The summed E-state index contributed by atoms with van der Waals surface area (Å²) in [7, 11) is 1.33. The van der Waals surface area contributed by atoms with Crippen LogP contribution in [0.4, 0.5) is 5.82 Å². The lowest BCUT2D eigenvalue weighted by molar-refractivity contribution is -0.113. The van der Waals surface area contributed by atoms with E-state index in [9.17, 15) is 9.59 Å². The van der Waals surface area contributed by atoms with Crippen molar-refractivity contribution in [2.75, 3.05) is 19.0 Å². The Morgan fingerprint density at radius 2 is 2.00 bits per heavy atom. The summed E-state index contributed by atoms with van der Waals surface area (Å²) in [5, 5.41) is 10.4. The molecule has 1 atom stereocenters. The second kappa shape index (κ2) is 9.08. The molecule has 8 nitrogen and oxygen atoms in total. The summed E-state index contributed by atoms with van der Waals surface area (Å²) in [6, 6.07) is 8.06. The monoisotopic (exact) mass is 428 g/mol. The number of nitrogens with one attached hydrogen (secondary N) is 2. The molecule has 2 heterocycles. The summed E-state index contributed by atoms with van der Waals surface area (Å²) in [6.45, 7) is 6.36. The van der Waals surface area contributed by atoms with Crippen LogP contribution in [0.1, 0.15) is 48.0 Å². The zero-order valence-electron chi connectivity index (χ0n) is 17.3. The van der Waals surface area contributed by atoms with Crippen LogP contribution in [0.15, 0.2) is 46.1 Å². The predicted octanol–water partition coefficient (Wildman–Crippen LogP) is 3.32. The maximum Gasteiger partial charge on any atom is 0.337 e. The summed E-state index contributed by atoms with van der Waals surface area (Å²) >= 11 is 5.55. The van der Waals surface area contributed by atoms with Crippen LogP contribution in [-0.4, -0.2) is 40.7 Å². The molecule has 1 aliphatic rings. The van der Waals surface area contributed by atoms with Crippen LogP contribution < -0.4 is 10.6 Å². The van der Waals surface area contributed by atoms with Gasteiger partial charge in [0, 0.05) is 18.3 Å². The molecule has 1 aromatic carbocycles. The molecule has 0 aliphatic carbocycles. The Kier molecular flexibility index (Phi) is 6.51. The number of aryl methyl sites for hydroxylation is 1. The van der Waals surface area contributed by atoms with Crippen molar-refractivity contribution in [3.05, 3.63) is 58.5 Å². The van der Waals surface area contributed by atoms with Gasteiger partial charge in [0.1, 0.15) is 5.76 Å². The fourth-order valence-corrected chi connectivity index (χ4v) is 3.70. The third-order valence-corrected chi connectivity index (χ3v) is 5.16. The maximum absolute atomic E-state index is 13.2. The molecule has 2 N–H and O–H groups in total. The molecule has 0 radical (unpaired) electrons. The highest BCUT2D eigenvalue weighted by molar-refractivity contribution is 7.80. The van der Waals surface area contributed by atoms with E-state index < -0.39 is 12.0 Å². The number of esters is 1. The van der Waals surface area contributed by atoms with Gasteiger partial charge < -0.3 is 24.8 Å². The summed E-state index contributed by atoms with van der Waals surface area (Å²) in [5.74, 6) is 0.210. The van der Waals surface area contributed by atoms with Crippen LogP contribution in [0.5, 0.6) is 0 Å². The second-order valence-corrected chi connectivity index (χ2v) is 7.31. The molecule has 1 amide bonds. The van der Waals surface area contributed by atoms with Crippen LogP contribution >= 0.6 is 12.2 Å². The lowest BCUT2D eigenvalue weighted by Crippen LogP contribution is -2.48. The average molecular weight is 429 g/mol. The highest BCUT2D eigenvalue weighted by Gasteiger charge is 2.34. The SMILES string of the molecule is CCCN1C(=S)NC(c2ccc(C(=O)OC)cc2)C(C(=O)Nc2cc(C)on2)=C1C. The number of thiocarbonyl (C=S) groups is 1. The lowest BCUT2D eigenvalue weighted by atomic mass is 9.93. The number of benzene rings is 1. The van der Waals surface area contributed by atoms with Crippen molar-refractivity contribution in [2.24, 2.45) is 0 Å². The quantitative estimate of drug-likeness (QED) is 0.534. The molecule has 9 heteroatoms. The van der Waals surface area contributed by atoms with Gasteiger partial charge in [-0.15, -0.1) is 0 Å². The zero-order valence-corrected chi connectivity index (χ0v) is 18.1. The average Bonchev–Trinajstić information content (AvgIpc) is 3.14. The van der Waals surface area contributed by atoms with Crippen LogP contribution in [-0.2, 0) is 9.53 Å². The first-order valence-electron chi connectivity index (χ1n) is 9.57. The number of rotatable bonds is 6. The maximum atomic E-state index is 13.2. The van der Waals surface area contributed by atoms with Crippen LogP contribution in [0.3, 0.4) is 0 Å². The minimum absolute atomic E-state index is 0.307. The molecular weight excluding hydrogens is 404 g/mol. The Balaban J connectivity index is 1.99. The van der Waals surface area contributed by atoms with Crippen molar-refractivity contribution in [2.45, 2.75) is 33.2 Å². The fourth-order valence-electron chi connectivity index (χ4n) is 3.36. The molecule has 0 bridgehead atoms. The van der Waals surface area contributed by atoms with Crippen molar-refractivity contribution < 1.29 is 18.8 Å². The van der Waals surface area contributed by atoms with E-state index in [-0.39, 0.29) is 5.91 Å². The smallest absolute Gasteiger partial charge is 0.337 e. The summed E-state index contributed by atoms with van der Waals surface area (Å²) in [6.07, 6.45) is 0.870. The van der Waals surface area contributed by atoms with Crippen LogP contribution in [0.2, 0.25) is 0 Å². The number of carbonyl (C=O) groups is 2. The van der Waals surface area contributed by atoms with E-state index in [0.29, 0.717) is 34.4 Å². The third kappa shape index (κ3) is 4.35. The van der Waals surface area contributed by atoms with Crippen LogP contribution in [0, 0.1) is 6.92 Å². The number of hydrogen-bond acceptors (Lipinski definition) is 6. The number of allylic oxidation sites excluding steroid dienone is 1. The minimum Gasteiger partial charge on any atom is -0.465 e.